The molecule has 5 nitrogen and oxygen atoms in total. The summed E-state index contributed by atoms with van der Waals surface area (Å²) in [6, 6.07) is 14.2. The summed E-state index contributed by atoms with van der Waals surface area (Å²) in [4.78, 5) is 16.8. The van der Waals surface area contributed by atoms with Gasteiger partial charge in [0.15, 0.2) is 5.13 Å². The molecular weight excluding hydrogens is 385 g/mol. The Morgan fingerprint density at radius 2 is 1.90 bits per heavy atom. The second-order valence-corrected chi connectivity index (χ2v) is 7.54. The molecule has 0 bridgehead atoms. The molecule has 0 radical (unpaired) electrons. The van der Waals surface area contributed by atoms with Gasteiger partial charge >= 0.3 is 0 Å². The van der Waals surface area contributed by atoms with Gasteiger partial charge in [-0.1, -0.05) is 0 Å². The molecule has 2 N–H and O–H groups in total. The molecule has 29 heavy (non-hydrogen) atoms. The van der Waals surface area contributed by atoms with E-state index in [1.54, 1.807) is 35.9 Å². The molecule has 5 aromatic rings. The van der Waals surface area contributed by atoms with Crippen LogP contribution in [0.25, 0.3) is 33.7 Å². The fraction of sp³-hybridized carbons (Fsp3) is 0.0455. The lowest BCUT2D eigenvalue weighted by atomic mass is 10.2. The SMILES string of the molecule is Cc1cc2[nH]c(-c3ccc(F)cc3)nc2cc1Nc1nc(-c2cccnc2)cs1. The second kappa shape index (κ2) is 7.10. The number of fused-ring (bicyclic) bond motifs is 1. The van der Waals surface area contributed by atoms with Crippen LogP contribution in [0.15, 0.2) is 66.3 Å². The maximum absolute atomic E-state index is 13.2. The van der Waals surface area contributed by atoms with Crippen LogP contribution in [-0.4, -0.2) is 19.9 Å². The Morgan fingerprint density at radius 1 is 1.03 bits per heavy atom. The highest BCUT2D eigenvalue weighted by Gasteiger charge is 2.11. The van der Waals surface area contributed by atoms with E-state index in [-0.39, 0.29) is 5.82 Å². The van der Waals surface area contributed by atoms with E-state index in [1.165, 1.54) is 12.1 Å². The first-order chi connectivity index (χ1) is 14.2. The van der Waals surface area contributed by atoms with E-state index in [2.05, 4.69) is 25.3 Å². The zero-order valence-corrected chi connectivity index (χ0v) is 16.3. The summed E-state index contributed by atoms with van der Waals surface area (Å²) in [6.45, 7) is 2.04. The average molecular weight is 401 g/mol. The van der Waals surface area contributed by atoms with Crippen LogP contribution >= 0.6 is 11.3 Å². The van der Waals surface area contributed by atoms with Crippen LogP contribution in [0, 0.1) is 12.7 Å². The van der Waals surface area contributed by atoms with Crippen molar-refractivity contribution in [3.63, 3.8) is 0 Å². The Hall–Kier alpha value is -3.58. The first-order valence-electron chi connectivity index (χ1n) is 9.05. The van der Waals surface area contributed by atoms with Crippen molar-refractivity contribution in [3.05, 3.63) is 77.7 Å². The number of imidazole rings is 1. The van der Waals surface area contributed by atoms with Gasteiger partial charge in [-0.15, -0.1) is 11.3 Å². The number of aryl methyl sites for hydroxylation is 1. The zero-order chi connectivity index (χ0) is 19.8. The van der Waals surface area contributed by atoms with E-state index < -0.39 is 0 Å². The van der Waals surface area contributed by atoms with Crippen molar-refractivity contribution in [2.24, 2.45) is 0 Å². The molecule has 0 amide bonds. The van der Waals surface area contributed by atoms with Gasteiger partial charge < -0.3 is 10.3 Å². The predicted molar refractivity (Wildman–Crippen MR) is 115 cm³/mol. The Morgan fingerprint density at radius 3 is 2.69 bits per heavy atom. The molecule has 3 aromatic heterocycles. The van der Waals surface area contributed by atoms with E-state index >= 15 is 0 Å². The van der Waals surface area contributed by atoms with Gasteiger partial charge in [0.2, 0.25) is 0 Å². The number of nitrogens with zero attached hydrogens (tertiary/aromatic N) is 3. The van der Waals surface area contributed by atoms with Gasteiger partial charge in [-0.05, 0) is 61.0 Å². The van der Waals surface area contributed by atoms with Crippen molar-refractivity contribution in [3.8, 4) is 22.6 Å². The maximum atomic E-state index is 13.2. The number of hydrogen-bond acceptors (Lipinski definition) is 5. The van der Waals surface area contributed by atoms with Gasteiger partial charge in [-0.3, -0.25) is 4.98 Å². The average Bonchev–Trinajstić information content (AvgIpc) is 3.36. The van der Waals surface area contributed by atoms with E-state index in [1.807, 2.05) is 36.6 Å². The van der Waals surface area contributed by atoms with Crippen LogP contribution in [0.1, 0.15) is 5.56 Å². The molecule has 0 saturated carbocycles. The lowest BCUT2D eigenvalue weighted by Crippen LogP contribution is -1.93. The number of thiazole rings is 1. The molecule has 7 heteroatoms. The minimum absolute atomic E-state index is 0.263. The van der Waals surface area contributed by atoms with Crippen molar-refractivity contribution >= 4 is 33.2 Å². The van der Waals surface area contributed by atoms with Gasteiger partial charge in [0.25, 0.3) is 0 Å². The number of H-pyrrole nitrogens is 1. The second-order valence-electron chi connectivity index (χ2n) is 6.68. The fourth-order valence-electron chi connectivity index (χ4n) is 3.14. The first kappa shape index (κ1) is 17.5. The van der Waals surface area contributed by atoms with Crippen molar-refractivity contribution in [2.75, 3.05) is 5.32 Å². The first-order valence-corrected chi connectivity index (χ1v) is 9.93. The molecule has 142 valence electrons. The largest absolute Gasteiger partial charge is 0.338 e. The fourth-order valence-corrected chi connectivity index (χ4v) is 3.87. The lowest BCUT2D eigenvalue weighted by molar-refractivity contribution is 0.628. The highest BCUT2D eigenvalue weighted by atomic mass is 32.1. The molecular formula is C22H16FN5S. The smallest absolute Gasteiger partial charge is 0.187 e. The Labute approximate surface area is 170 Å². The highest BCUT2D eigenvalue weighted by Crippen LogP contribution is 2.30. The number of rotatable bonds is 4. The van der Waals surface area contributed by atoms with Crippen LogP contribution in [0.3, 0.4) is 0 Å². The topological polar surface area (TPSA) is 66.5 Å². The zero-order valence-electron chi connectivity index (χ0n) is 15.5. The molecule has 0 aliphatic carbocycles. The lowest BCUT2D eigenvalue weighted by Gasteiger charge is -2.06. The van der Waals surface area contributed by atoms with Gasteiger partial charge in [-0.25, -0.2) is 14.4 Å². The van der Waals surface area contributed by atoms with Crippen LogP contribution in [0.2, 0.25) is 0 Å². The van der Waals surface area contributed by atoms with E-state index in [9.17, 15) is 4.39 Å². The van der Waals surface area contributed by atoms with Gasteiger partial charge in [0.05, 0.1) is 16.7 Å². The minimum Gasteiger partial charge on any atom is -0.338 e. The number of anilines is 2. The van der Waals surface area contributed by atoms with Crippen molar-refractivity contribution in [1.29, 1.82) is 0 Å². The molecule has 0 atom stereocenters. The van der Waals surface area contributed by atoms with Crippen LogP contribution in [0.5, 0.6) is 0 Å². The van der Waals surface area contributed by atoms with Crippen LogP contribution < -0.4 is 5.32 Å². The van der Waals surface area contributed by atoms with Crippen molar-refractivity contribution in [1.82, 2.24) is 19.9 Å². The van der Waals surface area contributed by atoms with Crippen LogP contribution in [-0.2, 0) is 0 Å². The number of halogens is 1. The molecule has 0 aliphatic rings. The monoisotopic (exact) mass is 401 g/mol. The quantitative estimate of drug-likeness (QED) is 0.391. The summed E-state index contributed by atoms with van der Waals surface area (Å²) < 4.78 is 13.2. The number of benzene rings is 2. The molecule has 0 fully saturated rings. The molecule has 2 aromatic carbocycles. The van der Waals surface area contributed by atoms with Crippen molar-refractivity contribution in [2.45, 2.75) is 6.92 Å². The minimum atomic E-state index is -0.263. The number of pyridine rings is 1. The molecule has 5 rings (SSSR count). The van der Waals surface area contributed by atoms with E-state index in [0.717, 1.165) is 44.2 Å². The summed E-state index contributed by atoms with van der Waals surface area (Å²) >= 11 is 1.54. The molecule has 3 heterocycles. The highest BCUT2D eigenvalue weighted by molar-refractivity contribution is 7.14. The number of nitrogens with one attached hydrogen (secondary N) is 2. The molecule has 0 spiro atoms. The van der Waals surface area contributed by atoms with Crippen molar-refractivity contribution < 1.29 is 4.39 Å². The molecule has 0 aliphatic heterocycles. The third-order valence-corrected chi connectivity index (χ3v) is 5.41. The maximum Gasteiger partial charge on any atom is 0.187 e. The summed E-state index contributed by atoms with van der Waals surface area (Å²) in [6.07, 6.45) is 3.55. The Balaban J connectivity index is 1.45. The Bertz CT molecular complexity index is 1290. The van der Waals surface area contributed by atoms with E-state index in [4.69, 9.17) is 0 Å². The summed E-state index contributed by atoms with van der Waals surface area (Å²) in [5.74, 6) is 0.450. The molecule has 0 saturated heterocycles. The molecule has 0 unspecified atom stereocenters. The normalized spacial score (nSPS) is 11.1. The summed E-state index contributed by atoms with van der Waals surface area (Å²) in [5, 5.41) is 6.21. The van der Waals surface area contributed by atoms with Crippen LogP contribution in [0.4, 0.5) is 15.2 Å². The number of aromatic nitrogens is 4. The van der Waals surface area contributed by atoms with Gasteiger partial charge in [-0.2, -0.15) is 0 Å². The van der Waals surface area contributed by atoms with Gasteiger partial charge in [0.1, 0.15) is 11.6 Å². The third-order valence-electron chi connectivity index (χ3n) is 4.65. The summed E-state index contributed by atoms with van der Waals surface area (Å²) in [5.41, 5.74) is 6.51. The van der Waals surface area contributed by atoms with Gasteiger partial charge in [0, 0.05) is 34.6 Å². The summed E-state index contributed by atoms with van der Waals surface area (Å²) in [7, 11) is 0. The van der Waals surface area contributed by atoms with E-state index in [0.29, 0.717) is 5.82 Å². The third kappa shape index (κ3) is 3.48. The predicted octanol–water partition coefficient (Wildman–Crippen LogP) is 5.94. The number of hydrogen-bond donors (Lipinski definition) is 2. The Kier molecular flexibility index (Phi) is 4.29. The standard InChI is InChI=1S/C22H16FN5S/c1-13-9-18-19(26-21(25-18)14-4-6-16(23)7-5-14)10-17(13)27-22-28-20(12-29-22)15-3-2-8-24-11-15/h2-12H,1H3,(H,25,26)(H,27,28). The number of aromatic amines is 1.